The number of carboxylic acids is 1. The van der Waals surface area contributed by atoms with Crippen molar-refractivity contribution < 1.29 is 34.2 Å². The molecule has 0 spiro atoms. The van der Waals surface area contributed by atoms with Crippen molar-refractivity contribution in [3.05, 3.63) is 129 Å². The molecule has 0 bridgehead atoms. The number of hydrogen-bond donors (Lipinski definition) is 3. The maximum atomic E-state index is 12.2. The van der Waals surface area contributed by atoms with Gasteiger partial charge in [0.1, 0.15) is 0 Å². The summed E-state index contributed by atoms with van der Waals surface area (Å²) in [5.41, 5.74) is 6.79. The molecule has 2 fully saturated rings. The minimum absolute atomic E-state index is 0.0233. The number of amides is 1. The average Bonchev–Trinajstić information content (AvgIpc) is 3.17. The maximum absolute atomic E-state index is 12.2. The highest BCUT2D eigenvalue weighted by molar-refractivity contribution is 5.76. The smallest absolute Gasteiger partial charge is 0.303 e. The maximum Gasteiger partial charge on any atom is 0.303 e. The second-order valence-corrected chi connectivity index (χ2v) is 13.3. The van der Waals surface area contributed by atoms with Crippen molar-refractivity contribution in [2.75, 3.05) is 37.6 Å². The Morgan fingerprint density at radius 3 is 2.21 bits per heavy atom. The number of aliphatic hydroxyl groups is 1. The van der Waals surface area contributed by atoms with E-state index in [1.54, 1.807) is 12.1 Å². The van der Waals surface area contributed by atoms with Crippen molar-refractivity contribution in [2.45, 2.75) is 57.3 Å². The first-order chi connectivity index (χ1) is 25.2. The molecule has 2 aliphatic rings. The average molecular weight is 709 g/mol. The second-order valence-electron chi connectivity index (χ2n) is 13.3. The van der Waals surface area contributed by atoms with E-state index >= 15 is 0 Å². The molecule has 0 saturated carbocycles. The van der Waals surface area contributed by atoms with Crippen molar-refractivity contribution >= 4 is 23.3 Å². The second kappa shape index (κ2) is 17.4. The summed E-state index contributed by atoms with van der Waals surface area (Å²) >= 11 is 0. The standard InChI is InChI=1S/C40H44N4O8/c45-27-28-7-9-31(10-8-28)37-24-36(26-42-19-21-43(22-20-42)34-15-17-35(18-16-34)44(49)50)51-40(52-37)32-13-11-30(12-14-32)33-4-1-3-29(23-33)25-41-38(46)5-2-6-39(47)48/h1,3-4,7-18,23,36-37,40,45H,2,5-6,19-22,24-27H2,(H,41,46)(H,47,48)/t36-,37+,40+/m1/s1. The summed E-state index contributed by atoms with van der Waals surface area (Å²) in [6, 6.07) is 30.6. The molecule has 12 heteroatoms. The lowest BCUT2D eigenvalue weighted by Gasteiger charge is -2.41. The molecule has 2 heterocycles. The number of hydrogen-bond acceptors (Lipinski definition) is 9. The normalized spacial score (nSPS) is 19.2. The Labute approximate surface area is 302 Å². The molecule has 2 aliphatic heterocycles. The molecule has 0 aromatic heterocycles. The Bertz CT molecular complexity index is 1810. The SMILES string of the molecule is O=C(O)CCCC(=O)NCc1cccc(-c2ccc([C@H]3O[C@@H](CN4CCN(c5ccc([N+](=O)[O-])cc5)CC4)C[C@@H](c4ccc(CO)cc4)O3)cc2)c1. The predicted molar refractivity (Wildman–Crippen MR) is 195 cm³/mol. The van der Waals surface area contributed by atoms with E-state index in [-0.39, 0.29) is 48.2 Å². The van der Waals surface area contributed by atoms with Gasteiger partial charge in [0.2, 0.25) is 5.91 Å². The van der Waals surface area contributed by atoms with Crippen molar-refractivity contribution in [1.82, 2.24) is 10.2 Å². The third kappa shape index (κ3) is 9.80. The van der Waals surface area contributed by atoms with Crippen LogP contribution in [0.25, 0.3) is 11.1 Å². The van der Waals surface area contributed by atoms with Gasteiger partial charge >= 0.3 is 5.97 Å². The van der Waals surface area contributed by atoms with Gasteiger partial charge in [0.15, 0.2) is 6.29 Å². The van der Waals surface area contributed by atoms with Crippen LogP contribution in [0.15, 0.2) is 97.1 Å². The molecule has 4 aromatic rings. The van der Waals surface area contributed by atoms with Crippen LogP contribution in [0.1, 0.15) is 60.3 Å². The highest BCUT2D eigenvalue weighted by Crippen LogP contribution is 2.39. The number of carboxylic acid groups (broad SMARTS) is 1. The Hall–Kier alpha value is -5.14. The number of nitrogens with one attached hydrogen (secondary N) is 1. The Balaban J connectivity index is 1.10. The zero-order chi connectivity index (χ0) is 36.5. The molecule has 12 nitrogen and oxygen atoms in total. The van der Waals surface area contributed by atoms with E-state index in [2.05, 4.69) is 15.1 Å². The fourth-order valence-electron chi connectivity index (χ4n) is 6.68. The number of carbonyl (C=O) groups excluding carboxylic acids is 1. The van der Waals surface area contributed by atoms with E-state index in [1.807, 2.05) is 84.9 Å². The van der Waals surface area contributed by atoms with Crippen molar-refractivity contribution in [3.63, 3.8) is 0 Å². The van der Waals surface area contributed by atoms with Gasteiger partial charge in [0, 0.05) is 81.9 Å². The number of ether oxygens (including phenoxy) is 2. The first kappa shape index (κ1) is 36.6. The van der Waals surface area contributed by atoms with Crippen molar-refractivity contribution in [2.24, 2.45) is 0 Å². The third-order valence-electron chi connectivity index (χ3n) is 9.60. The van der Waals surface area contributed by atoms with Crippen molar-refractivity contribution in [3.8, 4) is 11.1 Å². The van der Waals surface area contributed by atoms with Crippen LogP contribution in [0.2, 0.25) is 0 Å². The van der Waals surface area contributed by atoms with Crippen LogP contribution in [-0.2, 0) is 32.2 Å². The number of non-ortho nitro benzene ring substituents is 1. The molecule has 3 N–H and O–H groups in total. The van der Waals surface area contributed by atoms with E-state index in [9.17, 15) is 24.8 Å². The summed E-state index contributed by atoms with van der Waals surface area (Å²) in [7, 11) is 0. The summed E-state index contributed by atoms with van der Waals surface area (Å²) in [5.74, 6) is -1.08. The lowest BCUT2D eigenvalue weighted by Crippen LogP contribution is -2.49. The molecule has 3 atom stereocenters. The molecule has 272 valence electrons. The zero-order valence-corrected chi connectivity index (χ0v) is 28.9. The van der Waals surface area contributed by atoms with Crippen LogP contribution in [-0.4, -0.2) is 70.7 Å². The molecule has 1 amide bonds. The van der Waals surface area contributed by atoms with Gasteiger partial charge in [0.05, 0.1) is 23.7 Å². The summed E-state index contributed by atoms with van der Waals surface area (Å²) in [4.78, 5) is 38.2. The lowest BCUT2D eigenvalue weighted by molar-refractivity contribution is -0.384. The third-order valence-corrected chi connectivity index (χ3v) is 9.60. The highest BCUT2D eigenvalue weighted by atomic mass is 16.7. The number of anilines is 1. The molecule has 4 aromatic carbocycles. The monoisotopic (exact) mass is 708 g/mol. The molecular weight excluding hydrogens is 664 g/mol. The Kier molecular flexibility index (Phi) is 12.3. The van der Waals surface area contributed by atoms with Gasteiger partial charge in [-0.05, 0) is 52.4 Å². The van der Waals surface area contributed by atoms with Gasteiger partial charge in [-0.15, -0.1) is 0 Å². The van der Waals surface area contributed by atoms with E-state index in [0.29, 0.717) is 19.4 Å². The Morgan fingerprint density at radius 2 is 1.54 bits per heavy atom. The number of rotatable bonds is 14. The van der Waals surface area contributed by atoms with Crippen LogP contribution < -0.4 is 10.2 Å². The lowest BCUT2D eigenvalue weighted by atomic mass is 9.98. The van der Waals surface area contributed by atoms with Crippen LogP contribution in [0, 0.1) is 10.1 Å². The first-order valence-corrected chi connectivity index (χ1v) is 17.6. The molecule has 52 heavy (non-hydrogen) atoms. The van der Waals surface area contributed by atoms with Crippen LogP contribution >= 0.6 is 0 Å². The Morgan fingerprint density at radius 1 is 0.827 bits per heavy atom. The number of carbonyl (C=O) groups is 2. The van der Waals surface area contributed by atoms with Gasteiger partial charge in [-0.1, -0.05) is 66.7 Å². The van der Waals surface area contributed by atoms with E-state index in [4.69, 9.17) is 14.6 Å². The summed E-state index contributed by atoms with van der Waals surface area (Å²) in [5, 5.41) is 32.3. The molecule has 0 unspecified atom stereocenters. The van der Waals surface area contributed by atoms with Gasteiger partial charge in [-0.25, -0.2) is 0 Å². The number of nitro groups is 1. The van der Waals surface area contributed by atoms with E-state index in [0.717, 1.165) is 71.8 Å². The van der Waals surface area contributed by atoms with E-state index in [1.165, 1.54) is 0 Å². The minimum Gasteiger partial charge on any atom is -0.481 e. The van der Waals surface area contributed by atoms with Gasteiger partial charge < -0.3 is 29.9 Å². The molecule has 0 radical (unpaired) electrons. The first-order valence-electron chi connectivity index (χ1n) is 17.6. The number of nitrogens with zero attached hydrogens (tertiary/aromatic N) is 3. The largest absolute Gasteiger partial charge is 0.481 e. The minimum atomic E-state index is -0.907. The van der Waals surface area contributed by atoms with Crippen LogP contribution in [0.4, 0.5) is 11.4 Å². The fraction of sp³-hybridized carbons (Fsp3) is 0.350. The van der Waals surface area contributed by atoms with Gasteiger partial charge in [-0.3, -0.25) is 24.6 Å². The highest BCUT2D eigenvalue weighted by Gasteiger charge is 2.34. The molecular formula is C40H44N4O8. The number of nitro benzene ring substituents is 1. The van der Waals surface area contributed by atoms with Crippen LogP contribution in [0.3, 0.4) is 0 Å². The molecule has 2 saturated heterocycles. The number of aliphatic hydroxyl groups excluding tert-OH is 1. The summed E-state index contributed by atoms with van der Waals surface area (Å²) in [6.07, 6.45) is 0.257. The zero-order valence-electron chi connectivity index (χ0n) is 28.9. The topological polar surface area (TPSA) is 155 Å². The van der Waals surface area contributed by atoms with E-state index < -0.39 is 12.3 Å². The molecule has 6 rings (SSSR count). The quantitative estimate of drug-likeness (QED) is 0.105. The van der Waals surface area contributed by atoms with Gasteiger partial charge in [-0.2, -0.15) is 0 Å². The summed E-state index contributed by atoms with van der Waals surface area (Å²) in [6.45, 7) is 4.35. The number of aliphatic carboxylic acids is 1. The number of benzene rings is 4. The van der Waals surface area contributed by atoms with Crippen LogP contribution in [0.5, 0.6) is 0 Å². The van der Waals surface area contributed by atoms with Gasteiger partial charge in [0.25, 0.3) is 5.69 Å². The summed E-state index contributed by atoms with van der Waals surface area (Å²) < 4.78 is 13.2. The number of piperazine rings is 1. The van der Waals surface area contributed by atoms with Crippen molar-refractivity contribution in [1.29, 1.82) is 0 Å². The predicted octanol–water partition coefficient (Wildman–Crippen LogP) is 5.99. The molecule has 0 aliphatic carbocycles. The fourth-order valence-corrected chi connectivity index (χ4v) is 6.68.